The minimum absolute atomic E-state index is 0.0480. The van der Waals surface area contributed by atoms with Gasteiger partial charge in [-0.2, -0.15) is 0 Å². The SMILES string of the molecule is [CH2][C]([CH2])C(=O)CC(O)c1ccccc1. The monoisotopic (exact) mass is 189 g/mol. The number of benzene rings is 1. The molecule has 0 aromatic heterocycles. The third-order valence-corrected chi connectivity index (χ3v) is 1.96. The van der Waals surface area contributed by atoms with Crippen LogP contribution in [-0.4, -0.2) is 10.9 Å². The summed E-state index contributed by atoms with van der Waals surface area (Å²) in [6, 6.07) is 9.07. The van der Waals surface area contributed by atoms with Crippen LogP contribution in [0.3, 0.4) is 0 Å². The van der Waals surface area contributed by atoms with Crippen LogP contribution in [0.25, 0.3) is 0 Å². The van der Waals surface area contributed by atoms with Gasteiger partial charge in [0.1, 0.15) is 5.78 Å². The molecule has 3 radical (unpaired) electrons. The zero-order valence-electron chi connectivity index (χ0n) is 7.94. The first-order valence-electron chi connectivity index (χ1n) is 4.38. The lowest BCUT2D eigenvalue weighted by atomic mass is 9.99. The second-order valence-electron chi connectivity index (χ2n) is 3.16. The second-order valence-corrected chi connectivity index (χ2v) is 3.16. The summed E-state index contributed by atoms with van der Waals surface area (Å²) in [7, 11) is 0. The summed E-state index contributed by atoms with van der Waals surface area (Å²) in [5.74, 6) is 0.0290. The first-order valence-corrected chi connectivity index (χ1v) is 4.38. The van der Waals surface area contributed by atoms with E-state index in [0.717, 1.165) is 5.56 Å². The fourth-order valence-electron chi connectivity index (χ4n) is 1.11. The van der Waals surface area contributed by atoms with Gasteiger partial charge >= 0.3 is 0 Å². The summed E-state index contributed by atoms with van der Waals surface area (Å²) in [4.78, 5) is 11.2. The van der Waals surface area contributed by atoms with E-state index in [-0.39, 0.29) is 18.1 Å². The maximum atomic E-state index is 11.2. The maximum Gasteiger partial charge on any atom is 0.142 e. The Balaban J connectivity index is 2.59. The molecule has 0 aliphatic carbocycles. The van der Waals surface area contributed by atoms with E-state index in [2.05, 4.69) is 13.8 Å². The first-order chi connectivity index (χ1) is 6.61. The fourth-order valence-corrected chi connectivity index (χ4v) is 1.11. The molecule has 14 heavy (non-hydrogen) atoms. The highest BCUT2D eigenvalue weighted by atomic mass is 16.3. The Morgan fingerprint density at radius 2 is 1.86 bits per heavy atom. The molecule has 73 valence electrons. The summed E-state index contributed by atoms with van der Waals surface area (Å²) in [6.07, 6.45) is -0.714. The Morgan fingerprint density at radius 1 is 1.29 bits per heavy atom. The Morgan fingerprint density at radius 3 is 2.36 bits per heavy atom. The van der Waals surface area contributed by atoms with Crippen LogP contribution in [-0.2, 0) is 4.79 Å². The zero-order chi connectivity index (χ0) is 10.6. The summed E-state index contributed by atoms with van der Waals surface area (Å²) < 4.78 is 0. The Hall–Kier alpha value is -1.15. The van der Waals surface area contributed by atoms with Crippen molar-refractivity contribution in [1.82, 2.24) is 0 Å². The molecular formula is C12H13O2. The molecule has 0 fully saturated rings. The third-order valence-electron chi connectivity index (χ3n) is 1.96. The van der Waals surface area contributed by atoms with E-state index in [1.807, 2.05) is 18.2 Å². The van der Waals surface area contributed by atoms with Crippen molar-refractivity contribution in [2.75, 3.05) is 0 Å². The molecule has 0 spiro atoms. The van der Waals surface area contributed by atoms with Gasteiger partial charge in [-0.15, -0.1) is 0 Å². The lowest BCUT2D eigenvalue weighted by Gasteiger charge is -2.10. The van der Waals surface area contributed by atoms with Gasteiger partial charge in [0.15, 0.2) is 0 Å². The molecule has 0 heterocycles. The number of rotatable bonds is 4. The molecule has 0 amide bonds. The summed E-state index contributed by atoms with van der Waals surface area (Å²) in [6.45, 7) is 6.86. The summed E-state index contributed by atoms with van der Waals surface area (Å²) >= 11 is 0. The van der Waals surface area contributed by atoms with Gasteiger partial charge in [0.25, 0.3) is 0 Å². The van der Waals surface area contributed by atoms with Crippen molar-refractivity contribution in [3.8, 4) is 0 Å². The minimum Gasteiger partial charge on any atom is -0.388 e. The number of aliphatic hydroxyl groups excluding tert-OH is 1. The average molecular weight is 189 g/mol. The number of ketones is 1. The summed E-state index contributed by atoms with van der Waals surface area (Å²) in [5, 5.41) is 9.65. The molecule has 0 bridgehead atoms. The van der Waals surface area contributed by atoms with E-state index >= 15 is 0 Å². The second kappa shape index (κ2) is 4.91. The van der Waals surface area contributed by atoms with Gasteiger partial charge in [-0.3, -0.25) is 4.79 Å². The van der Waals surface area contributed by atoms with Crippen LogP contribution < -0.4 is 0 Å². The molecule has 1 rings (SSSR count). The van der Waals surface area contributed by atoms with Crippen LogP contribution in [0.2, 0.25) is 0 Å². The minimum atomic E-state index is -0.762. The fraction of sp³-hybridized carbons (Fsp3) is 0.167. The van der Waals surface area contributed by atoms with Gasteiger partial charge in [0.05, 0.1) is 6.10 Å². The normalized spacial score (nSPS) is 12.9. The highest BCUT2D eigenvalue weighted by Gasteiger charge is 2.15. The maximum absolute atomic E-state index is 11.2. The average Bonchev–Trinajstić information content (AvgIpc) is 2.19. The van der Waals surface area contributed by atoms with Crippen molar-refractivity contribution < 1.29 is 9.90 Å². The molecule has 0 saturated carbocycles. The highest BCUT2D eigenvalue weighted by Crippen LogP contribution is 2.18. The van der Waals surface area contributed by atoms with Crippen LogP contribution >= 0.6 is 0 Å². The molecule has 0 aliphatic heterocycles. The molecule has 2 heteroatoms. The molecule has 0 saturated heterocycles. The van der Waals surface area contributed by atoms with Crippen molar-refractivity contribution in [2.24, 2.45) is 0 Å². The quantitative estimate of drug-likeness (QED) is 0.785. The molecule has 2 nitrogen and oxygen atoms in total. The van der Waals surface area contributed by atoms with Gasteiger partial charge in [-0.1, -0.05) is 30.3 Å². The van der Waals surface area contributed by atoms with Gasteiger partial charge < -0.3 is 5.11 Å². The van der Waals surface area contributed by atoms with E-state index in [9.17, 15) is 9.90 Å². The predicted molar refractivity (Wildman–Crippen MR) is 55.0 cm³/mol. The van der Waals surface area contributed by atoms with Crippen molar-refractivity contribution in [3.05, 3.63) is 55.7 Å². The van der Waals surface area contributed by atoms with Crippen LogP contribution in [0.15, 0.2) is 30.3 Å². The van der Waals surface area contributed by atoms with Crippen molar-refractivity contribution in [2.45, 2.75) is 12.5 Å². The van der Waals surface area contributed by atoms with Gasteiger partial charge in [0.2, 0.25) is 0 Å². The van der Waals surface area contributed by atoms with E-state index in [1.165, 1.54) is 0 Å². The Kier molecular flexibility index (Phi) is 3.84. The van der Waals surface area contributed by atoms with Gasteiger partial charge in [-0.25, -0.2) is 0 Å². The predicted octanol–water partition coefficient (Wildman–Crippen LogP) is 1.92. The number of carbonyl (C=O) groups is 1. The van der Waals surface area contributed by atoms with E-state index in [1.54, 1.807) is 12.1 Å². The zero-order valence-corrected chi connectivity index (χ0v) is 7.94. The smallest absolute Gasteiger partial charge is 0.142 e. The molecule has 1 unspecified atom stereocenters. The molecule has 1 N–H and O–H groups in total. The summed E-state index contributed by atoms with van der Waals surface area (Å²) in [5.41, 5.74) is 0.738. The number of hydrogen-bond donors (Lipinski definition) is 1. The van der Waals surface area contributed by atoms with E-state index < -0.39 is 6.10 Å². The largest absolute Gasteiger partial charge is 0.388 e. The molecule has 0 aliphatic rings. The molecule has 1 aromatic carbocycles. The van der Waals surface area contributed by atoms with Crippen LogP contribution in [0.1, 0.15) is 18.1 Å². The first kappa shape index (κ1) is 10.9. The van der Waals surface area contributed by atoms with Crippen molar-refractivity contribution >= 4 is 5.78 Å². The van der Waals surface area contributed by atoms with Crippen LogP contribution in [0.4, 0.5) is 0 Å². The van der Waals surface area contributed by atoms with Gasteiger partial charge in [0, 0.05) is 12.3 Å². The number of Topliss-reactive ketones (excluding diaryl/α,β-unsaturated/α-hetero) is 1. The number of hydrogen-bond acceptors (Lipinski definition) is 2. The van der Waals surface area contributed by atoms with E-state index in [4.69, 9.17) is 0 Å². The Bertz CT molecular complexity index is 290. The van der Waals surface area contributed by atoms with Gasteiger partial charge in [-0.05, 0) is 19.4 Å². The van der Waals surface area contributed by atoms with Crippen LogP contribution in [0.5, 0.6) is 0 Å². The van der Waals surface area contributed by atoms with Crippen LogP contribution in [0, 0.1) is 19.8 Å². The highest BCUT2D eigenvalue weighted by molar-refractivity contribution is 5.94. The standard InChI is InChI=1S/C12H13O2/c1-9(2)11(13)8-12(14)10-6-4-3-5-7-10/h3-7,12,14H,1-2,8H2. The topological polar surface area (TPSA) is 37.3 Å². The third kappa shape index (κ3) is 2.96. The van der Waals surface area contributed by atoms with Crippen molar-refractivity contribution in [3.63, 3.8) is 0 Å². The van der Waals surface area contributed by atoms with Crippen molar-refractivity contribution in [1.29, 1.82) is 0 Å². The molecule has 1 atom stereocenters. The lowest BCUT2D eigenvalue weighted by molar-refractivity contribution is -0.118. The van der Waals surface area contributed by atoms with E-state index in [0.29, 0.717) is 0 Å². The number of carbonyl (C=O) groups excluding carboxylic acids is 1. The molecular weight excluding hydrogens is 176 g/mol. The Labute approximate surface area is 84.6 Å². The lowest BCUT2D eigenvalue weighted by Crippen LogP contribution is -2.11. The molecule has 1 aromatic rings. The number of aliphatic hydroxyl groups is 1.